The summed E-state index contributed by atoms with van der Waals surface area (Å²) in [4.78, 5) is 8.09. The lowest BCUT2D eigenvalue weighted by Gasteiger charge is -2.06. The first kappa shape index (κ1) is 8.68. The van der Waals surface area contributed by atoms with Gasteiger partial charge in [-0.25, -0.2) is 14.6 Å². The summed E-state index contributed by atoms with van der Waals surface area (Å²) in [5, 5.41) is 7.07. The van der Waals surface area contributed by atoms with E-state index in [4.69, 9.17) is 0 Å². The van der Waals surface area contributed by atoms with Crippen LogP contribution in [0.4, 0.5) is 5.82 Å². The van der Waals surface area contributed by atoms with Gasteiger partial charge in [0.05, 0.1) is 6.54 Å². The fourth-order valence-electron chi connectivity index (χ4n) is 1.28. The maximum absolute atomic E-state index is 4.21. The first-order valence-electron chi connectivity index (χ1n) is 4.34. The van der Waals surface area contributed by atoms with Crippen LogP contribution in [-0.4, -0.2) is 26.8 Å². The Hall–Kier alpha value is -1.91. The molecule has 0 saturated carbocycles. The predicted octanol–water partition coefficient (Wildman–Crippen LogP) is 0.763. The van der Waals surface area contributed by atoms with Crippen molar-refractivity contribution in [1.29, 1.82) is 0 Å². The zero-order valence-electron chi connectivity index (χ0n) is 7.88. The van der Waals surface area contributed by atoms with Crippen molar-refractivity contribution in [3.63, 3.8) is 0 Å². The third kappa shape index (κ3) is 1.71. The zero-order valence-corrected chi connectivity index (χ0v) is 7.88. The second-order valence-corrected chi connectivity index (χ2v) is 2.85. The number of pyridine rings is 1. The van der Waals surface area contributed by atoms with E-state index in [1.54, 1.807) is 17.2 Å². The molecule has 0 amide bonds. The Morgan fingerprint density at radius 2 is 2.43 bits per heavy atom. The van der Waals surface area contributed by atoms with Crippen molar-refractivity contribution >= 4 is 5.82 Å². The molecule has 5 heteroatoms. The van der Waals surface area contributed by atoms with Crippen LogP contribution in [0.25, 0.3) is 0 Å². The molecular weight excluding hydrogens is 178 g/mol. The monoisotopic (exact) mass is 189 g/mol. The Kier molecular flexibility index (Phi) is 2.40. The summed E-state index contributed by atoms with van der Waals surface area (Å²) >= 11 is 0. The van der Waals surface area contributed by atoms with E-state index < -0.39 is 0 Å². The highest BCUT2D eigenvalue weighted by Crippen LogP contribution is 2.11. The number of hydrogen-bond acceptors (Lipinski definition) is 4. The second-order valence-electron chi connectivity index (χ2n) is 2.85. The Morgan fingerprint density at radius 1 is 1.50 bits per heavy atom. The van der Waals surface area contributed by atoms with Crippen molar-refractivity contribution in [3.8, 4) is 0 Å². The van der Waals surface area contributed by atoms with Gasteiger partial charge in [0.15, 0.2) is 0 Å². The average molecular weight is 189 g/mol. The highest BCUT2D eigenvalue weighted by atomic mass is 15.3. The van der Waals surface area contributed by atoms with Gasteiger partial charge in [0.1, 0.15) is 18.5 Å². The first-order chi connectivity index (χ1) is 6.90. The van der Waals surface area contributed by atoms with Gasteiger partial charge in [0, 0.05) is 18.8 Å². The van der Waals surface area contributed by atoms with Crippen LogP contribution >= 0.6 is 0 Å². The molecule has 0 bridgehead atoms. The smallest absolute Gasteiger partial charge is 0.137 e. The third-order valence-electron chi connectivity index (χ3n) is 1.93. The Bertz CT molecular complexity index is 395. The number of anilines is 1. The van der Waals surface area contributed by atoms with Gasteiger partial charge < -0.3 is 5.32 Å². The molecule has 0 aromatic carbocycles. The van der Waals surface area contributed by atoms with E-state index in [-0.39, 0.29) is 0 Å². The second kappa shape index (κ2) is 3.87. The maximum atomic E-state index is 4.21. The third-order valence-corrected chi connectivity index (χ3v) is 1.93. The number of aromatic nitrogens is 4. The largest absolute Gasteiger partial charge is 0.373 e. The molecule has 0 fully saturated rings. The molecule has 14 heavy (non-hydrogen) atoms. The fourth-order valence-corrected chi connectivity index (χ4v) is 1.28. The summed E-state index contributed by atoms with van der Waals surface area (Å²) in [5.41, 5.74) is 1.10. The number of hydrogen-bond donors (Lipinski definition) is 1. The first-order valence-corrected chi connectivity index (χ1v) is 4.34. The highest BCUT2D eigenvalue weighted by molar-refractivity contribution is 5.42. The van der Waals surface area contributed by atoms with Crippen LogP contribution in [0.3, 0.4) is 0 Å². The molecule has 2 rings (SSSR count). The average Bonchev–Trinajstić information content (AvgIpc) is 2.71. The van der Waals surface area contributed by atoms with Crippen LogP contribution in [0, 0.1) is 0 Å². The van der Waals surface area contributed by atoms with Crippen molar-refractivity contribution < 1.29 is 0 Å². The van der Waals surface area contributed by atoms with Crippen molar-refractivity contribution in [2.45, 2.75) is 6.54 Å². The Labute approximate surface area is 81.8 Å². The fraction of sp³-hybridized carbons (Fsp3) is 0.222. The van der Waals surface area contributed by atoms with Crippen LogP contribution in [0.2, 0.25) is 0 Å². The Balaban J connectivity index is 2.24. The molecule has 1 N–H and O–H groups in total. The SMILES string of the molecule is CNc1ncccc1Cn1cncn1. The molecule has 0 aliphatic heterocycles. The molecule has 0 saturated heterocycles. The summed E-state index contributed by atoms with van der Waals surface area (Å²) in [7, 11) is 1.85. The quantitative estimate of drug-likeness (QED) is 0.774. The standard InChI is InChI=1S/C9H11N5/c1-10-9-8(3-2-4-12-9)5-14-7-11-6-13-14/h2-4,6-7H,5H2,1H3,(H,10,12). The molecule has 2 heterocycles. The van der Waals surface area contributed by atoms with E-state index in [0.29, 0.717) is 6.54 Å². The van der Waals surface area contributed by atoms with Crippen LogP contribution < -0.4 is 5.32 Å². The molecule has 0 spiro atoms. The van der Waals surface area contributed by atoms with Crippen LogP contribution in [0.1, 0.15) is 5.56 Å². The molecule has 72 valence electrons. The normalized spacial score (nSPS) is 10.1. The van der Waals surface area contributed by atoms with Crippen molar-refractivity contribution in [1.82, 2.24) is 19.7 Å². The van der Waals surface area contributed by atoms with E-state index in [9.17, 15) is 0 Å². The Morgan fingerprint density at radius 3 is 3.14 bits per heavy atom. The summed E-state index contributed by atoms with van der Waals surface area (Å²) in [6, 6.07) is 3.92. The van der Waals surface area contributed by atoms with E-state index in [2.05, 4.69) is 20.4 Å². The summed E-state index contributed by atoms with van der Waals surface area (Å²) in [5.74, 6) is 0.878. The van der Waals surface area contributed by atoms with Gasteiger partial charge >= 0.3 is 0 Å². The van der Waals surface area contributed by atoms with Gasteiger partial charge in [-0.3, -0.25) is 0 Å². The molecule has 5 nitrogen and oxygen atoms in total. The number of rotatable bonds is 3. The van der Waals surface area contributed by atoms with Gasteiger partial charge in [-0.1, -0.05) is 6.07 Å². The highest BCUT2D eigenvalue weighted by Gasteiger charge is 2.01. The molecule has 0 aliphatic carbocycles. The van der Waals surface area contributed by atoms with Gasteiger partial charge in [-0.05, 0) is 6.07 Å². The number of nitrogens with zero attached hydrogens (tertiary/aromatic N) is 4. The minimum absolute atomic E-state index is 0.685. The molecule has 0 radical (unpaired) electrons. The van der Waals surface area contributed by atoms with E-state index in [1.807, 2.05) is 19.2 Å². The molecular formula is C9H11N5. The molecule has 2 aromatic rings. The van der Waals surface area contributed by atoms with Crippen LogP contribution in [0.5, 0.6) is 0 Å². The predicted molar refractivity (Wildman–Crippen MR) is 52.9 cm³/mol. The van der Waals surface area contributed by atoms with Crippen molar-refractivity contribution in [2.24, 2.45) is 0 Å². The molecule has 2 aromatic heterocycles. The van der Waals surface area contributed by atoms with Gasteiger partial charge in [0.2, 0.25) is 0 Å². The summed E-state index contributed by atoms with van der Waals surface area (Å²) in [6.07, 6.45) is 4.97. The van der Waals surface area contributed by atoms with Gasteiger partial charge in [0.25, 0.3) is 0 Å². The summed E-state index contributed by atoms with van der Waals surface area (Å²) in [6.45, 7) is 0.685. The zero-order chi connectivity index (χ0) is 9.80. The van der Waals surface area contributed by atoms with E-state index >= 15 is 0 Å². The van der Waals surface area contributed by atoms with Crippen molar-refractivity contribution in [2.75, 3.05) is 12.4 Å². The molecule has 0 atom stereocenters. The van der Waals surface area contributed by atoms with Gasteiger partial charge in [-0.2, -0.15) is 5.10 Å². The minimum Gasteiger partial charge on any atom is -0.373 e. The van der Waals surface area contributed by atoms with E-state index in [1.165, 1.54) is 6.33 Å². The van der Waals surface area contributed by atoms with Gasteiger partial charge in [-0.15, -0.1) is 0 Å². The minimum atomic E-state index is 0.685. The molecule has 0 aliphatic rings. The van der Waals surface area contributed by atoms with Crippen LogP contribution in [-0.2, 0) is 6.54 Å². The van der Waals surface area contributed by atoms with Crippen molar-refractivity contribution in [3.05, 3.63) is 36.5 Å². The summed E-state index contributed by atoms with van der Waals surface area (Å²) < 4.78 is 1.76. The topological polar surface area (TPSA) is 55.6 Å². The van der Waals surface area contributed by atoms with Crippen LogP contribution in [0.15, 0.2) is 31.0 Å². The van der Waals surface area contributed by atoms with E-state index in [0.717, 1.165) is 11.4 Å². The lowest BCUT2D eigenvalue weighted by atomic mass is 10.2. The lowest BCUT2D eigenvalue weighted by molar-refractivity contribution is 0.684. The molecule has 0 unspecified atom stereocenters. The number of nitrogens with one attached hydrogen (secondary N) is 1. The lowest BCUT2D eigenvalue weighted by Crippen LogP contribution is -2.04. The maximum Gasteiger partial charge on any atom is 0.137 e.